The minimum atomic E-state index is -0.327. The molecule has 2 N–H and O–H groups in total. The largest absolute Gasteiger partial charge is 0.346 e. The molecule has 2 aromatic rings. The zero-order chi connectivity index (χ0) is 18.0. The molecule has 0 saturated carbocycles. The molecule has 2 heterocycles. The van der Waals surface area contributed by atoms with E-state index in [0.29, 0.717) is 5.56 Å². The summed E-state index contributed by atoms with van der Waals surface area (Å²) in [6, 6.07) is 4.00. The first-order valence-corrected chi connectivity index (χ1v) is 7.99. The van der Waals surface area contributed by atoms with Crippen molar-refractivity contribution in [1.29, 1.82) is 0 Å². The van der Waals surface area contributed by atoms with Crippen molar-refractivity contribution in [3.05, 3.63) is 40.5 Å². The monoisotopic (exact) mass is 331 g/mol. The molecular formula is C17H25N5O2. The number of nitrogens with one attached hydrogen (secondary N) is 2. The molecule has 0 fully saturated rings. The summed E-state index contributed by atoms with van der Waals surface area (Å²) in [7, 11) is 0. The molecule has 2 rings (SSSR count). The molecule has 0 aliphatic heterocycles. The molecule has 0 aliphatic rings. The van der Waals surface area contributed by atoms with Crippen molar-refractivity contribution in [2.45, 2.75) is 54.1 Å². The van der Waals surface area contributed by atoms with Crippen molar-refractivity contribution in [3.63, 3.8) is 0 Å². The summed E-state index contributed by atoms with van der Waals surface area (Å²) in [6.07, 6.45) is 0. The van der Waals surface area contributed by atoms with Gasteiger partial charge in [-0.25, -0.2) is 0 Å². The second kappa shape index (κ2) is 6.90. The molecule has 24 heavy (non-hydrogen) atoms. The van der Waals surface area contributed by atoms with Crippen LogP contribution in [0.4, 0.5) is 0 Å². The average Bonchev–Trinajstić information content (AvgIpc) is 2.95. The lowest BCUT2D eigenvalue weighted by Crippen LogP contribution is -2.43. The summed E-state index contributed by atoms with van der Waals surface area (Å²) in [5.74, 6) is -0.649. The fourth-order valence-corrected chi connectivity index (χ4v) is 3.01. The maximum Gasteiger partial charge on any atom is 0.271 e. The maximum absolute atomic E-state index is 12.3. The third-order valence-corrected chi connectivity index (χ3v) is 3.96. The molecule has 0 bridgehead atoms. The van der Waals surface area contributed by atoms with Crippen molar-refractivity contribution < 1.29 is 9.59 Å². The summed E-state index contributed by atoms with van der Waals surface area (Å²) < 4.78 is 3.69. The van der Waals surface area contributed by atoms with Gasteiger partial charge in [-0.1, -0.05) is 0 Å². The van der Waals surface area contributed by atoms with E-state index < -0.39 is 0 Å². The zero-order valence-electron chi connectivity index (χ0n) is 15.1. The fraction of sp³-hybridized carbons (Fsp3) is 0.471. The quantitative estimate of drug-likeness (QED) is 0.840. The molecular weight excluding hydrogens is 306 g/mol. The van der Waals surface area contributed by atoms with E-state index >= 15 is 0 Å². The van der Waals surface area contributed by atoms with Crippen LogP contribution in [0.3, 0.4) is 0 Å². The van der Waals surface area contributed by atoms with Gasteiger partial charge in [0.15, 0.2) is 0 Å². The van der Waals surface area contributed by atoms with Crippen LogP contribution < -0.4 is 10.9 Å². The minimum Gasteiger partial charge on any atom is -0.346 e. The summed E-state index contributed by atoms with van der Waals surface area (Å²) in [5.41, 5.74) is 9.13. The van der Waals surface area contributed by atoms with Crippen molar-refractivity contribution in [3.8, 4) is 0 Å². The highest BCUT2D eigenvalue weighted by molar-refractivity contribution is 5.96. The Balaban J connectivity index is 1.99. The number of aromatic nitrogens is 3. The van der Waals surface area contributed by atoms with E-state index in [4.69, 9.17) is 0 Å². The van der Waals surface area contributed by atoms with Crippen molar-refractivity contribution >= 4 is 11.8 Å². The first-order valence-electron chi connectivity index (χ1n) is 7.99. The Morgan fingerprint density at radius 1 is 1.08 bits per heavy atom. The summed E-state index contributed by atoms with van der Waals surface area (Å²) in [6.45, 7) is 11.8. The Bertz CT molecular complexity index is 770. The standard InChI is InChI=1S/C17H25N5O2/c1-10(2)22-13(5)8-15(14(22)6)17(24)19-18-16(23)9-21-12(4)7-11(3)20-21/h7-8,10H,9H2,1-6H3,(H,18,23)(H,19,24). The van der Waals surface area contributed by atoms with E-state index in [1.165, 1.54) is 0 Å². The molecule has 0 unspecified atom stereocenters. The third-order valence-electron chi connectivity index (χ3n) is 3.96. The van der Waals surface area contributed by atoms with Crippen molar-refractivity contribution in [2.24, 2.45) is 0 Å². The number of rotatable bonds is 4. The lowest BCUT2D eigenvalue weighted by atomic mass is 10.2. The molecule has 2 aromatic heterocycles. The van der Waals surface area contributed by atoms with Gasteiger partial charge in [-0.05, 0) is 53.7 Å². The molecule has 7 nitrogen and oxygen atoms in total. The Morgan fingerprint density at radius 2 is 1.75 bits per heavy atom. The Hall–Kier alpha value is -2.57. The van der Waals surface area contributed by atoms with Gasteiger partial charge in [0.05, 0.1) is 11.3 Å². The first kappa shape index (κ1) is 17.8. The van der Waals surface area contributed by atoms with Gasteiger partial charge in [0.1, 0.15) is 6.54 Å². The predicted molar refractivity (Wildman–Crippen MR) is 91.6 cm³/mol. The molecule has 0 radical (unpaired) electrons. The molecule has 130 valence electrons. The van der Waals surface area contributed by atoms with Crippen LogP contribution in [0, 0.1) is 27.7 Å². The molecule has 7 heteroatoms. The van der Waals surface area contributed by atoms with Crippen LogP contribution in [0.15, 0.2) is 12.1 Å². The number of nitrogens with zero attached hydrogens (tertiary/aromatic N) is 3. The summed E-state index contributed by atoms with van der Waals surface area (Å²) in [4.78, 5) is 24.3. The van der Waals surface area contributed by atoms with Gasteiger partial charge in [0.25, 0.3) is 11.8 Å². The topological polar surface area (TPSA) is 81.0 Å². The lowest BCUT2D eigenvalue weighted by molar-refractivity contribution is -0.122. The molecule has 0 spiro atoms. The van der Waals surface area contributed by atoms with E-state index in [-0.39, 0.29) is 24.4 Å². The van der Waals surface area contributed by atoms with Gasteiger partial charge in [0.2, 0.25) is 0 Å². The van der Waals surface area contributed by atoms with Gasteiger partial charge >= 0.3 is 0 Å². The number of hydrazine groups is 1. The molecule has 0 aliphatic carbocycles. The van der Waals surface area contributed by atoms with E-state index in [1.54, 1.807) is 4.68 Å². The highest BCUT2D eigenvalue weighted by Crippen LogP contribution is 2.19. The second-order valence-electron chi connectivity index (χ2n) is 6.34. The van der Waals surface area contributed by atoms with Crippen LogP contribution in [-0.2, 0) is 11.3 Å². The van der Waals surface area contributed by atoms with E-state index in [0.717, 1.165) is 22.8 Å². The number of carbonyl (C=O) groups excluding carboxylic acids is 2. The number of carbonyl (C=O) groups is 2. The number of hydrogen-bond acceptors (Lipinski definition) is 3. The van der Waals surface area contributed by atoms with Crippen molar-refractivity contribution in [1.82, 2.24) is 25.2 Å². The smallest absolute Gasteiger partial charge is 0.271 e. The lowest BCUT2D eigenvalue weighted by Gasteiger charge is -2.14. The van der Waals surface area contributed by atoms with Crippen LogP contribution >= 0.6 is 0 Å². The SMILES string of the molecule is Cc1cc(C)n(CC(=O)NNC(=O)c2cc(C)n(C(C)C)c2C)n1. The predicted octanol–water partition coefficient (Wildman–Crippen LogP) is 1.96. The van der Waals surface area contributed by atoms with Crippen LogP contribution in [0.25, 0.3) is 0 Å². The van der Waals surface area contributed by atoms with Crippen molar-refractivity contribution in [2.75, 3.05) is 0 Å². The maximum atomic E-state index is 12.3. The van der Waals surface area contributed by atoms with E-state index in [2.05, 4.69) is 34.4 Å². The van der Waals surface area contributed by atoms with Gasteiger partial charge in [-0.2, -0.15) is 5.10 Å². The minimum absolute atomic E-state index is 0.0605. The van der Waals surface area contributed by atoms with Crippen LogP contribution in [0.5, 0.6) is 0 Å². The highest BCUT2D eigenvalue weighted by atomic mass is 16.2. The van der Waals surface area contributed by atoms with E-state index in [1.807, 2.05) is 39.8 Å². The Morgan fingerprint density at radius 3 is 2.25 bits per heavy atom. The Kier molecular flexibility index (Phi) is 5.11. The van der Waals surface area contributed by atoms with E-state index in [9.17, 15) is 9.59 Å². The second-order valence-corrected chi connectivity index (χ2v) is 6.34. The summed E-state index contributed by atoms with van der Waals surface area (Å²) in [5, 5.41) is 4.22. The molecule has 0 atom stereocenters. The van der Waals surface area contributed by atoms with Crippen LogP contribution in [-0.4, -0.2) is 26.2 Å². The van der Waals surface area contributed by atoms with Gasteiger partial charge < -0.3 is 4.57 Å². The number of aryl methyl sites for hydroxylation is 3. The average molecular weight is 331 g/mol. The Labute approximate surface area is 142 Å². The fourth-order valence-electron chi connectivity index (χ4n) is 3.01. The normalized spacial score (nSPS) is 11.0. The van der Waals surface area contributed by atoms with Gasteiger partial charge in [0, 0.05) is 23.1 Å². The number of amides is 2. The van der Waals surface area contributed by atoms with Gasteiger partial charge in [-0.15, -0.1) is 0 Å². The zero-order valence-corrected chi connectivity index (χ0v) is 15.1. The molecule has 0 saturated heterocycles. The van der Waals surface area contributed by atoms with Crippen LogP contribution in [0.1, 0.15) is 53.0 Å². The first-order chi connectivity index (χ1) is 11.2. The molecule has 2 amide bonds. The number of hydrogen-bond donors (Lipinski definition) is 2. The highest BCUT2D eigenvalue weighted by Gasteiger charge is 2.17. The van der Waals surface area contributed by atoms with Gasteiger partial charge in [-0.3, -0.25) is 25.1 Å². The van der Waals surface area contributed by atoms with Crippen LogP contribution in [0.2, 0.25) is 0 Å². The summed E-state index contributed by atoms with van der Waals surface area (Å²) >= 11 is 0. The third kappa shape index (κ3) is 3.67. The molecule has 0 aromatic carbocycles.